The normalized spacial score (nSPS) is 18.0. The van der Waals surface area contributed by atoms with Crippen molar-refractivity contribution in [3.8, 4) is 16.9 Å². The molecule has 1 unspecified atom stereocenters. The maximum absolute atomic E-state index is 6.59. The van der Waals surface area contributed by atoms with Crippen molar-refractivity contribution in [3.05, 3.63) is 84.0 Å². The second-order valence-electron chi connectivity index (χ2n) is 7.82. The van der Waals surface area contributed by atoms with Crippen LogP contribution in [0.3, 0.4) is 0 Å². The molecule has 3 aromatic carbocycles. The average molecular weight is 354 g/mol. The topological polar surface area (TPSA) is 9.23 Å². The first-order valence-corrected chi connectivity index (χ1v) is 9.68. The number of hydrogen-bond acceptors (Lipinski definition) is 1. The minimum absolute atomic E-state index is 0.268. The van der Waals surface area contributed by atoms with E-state index in [1.807, 2.05) is 0 Å². The summed E-state index contributed by atoms with van der Waals surface area (Å²) in [7, 11) is 0. The van der Waals surface area contributed by atoms with Crippen LogP contribution in [-0.2, 0) is 0 Å². The van der Waals surface area contributed by atoms with Gasteiger partial charge in [-0.1, -0.05) is 72.3 Å². The first-order valence-electron chi connectivity index (χ1n) is 9.68. The van der Waals surface area contributed by atoms with Crippen molar-refractivity contribution in [2.24, 2.45) is 0 Å². The van der Waals surface area contributed by atoms with E-state index >= 15 is 0 Å². The summed E-state index contributed by atoms with van der Waals surface area (Å²) in [6.07, 6.45) is 8.74. The number of rotatable bonds is 4. The smallest absolute Gasteiger partial charge is 0.135 e. The van der Waals surface area contributed by atoms with E-state index in [-0.39, 0.29) is 5.60 Å². The van der Waals surface area contributed by atoms with Crippen LogP contribution in [0.4, 0.5) is 0 Å². The van der Waals surface area contributed by atoms with E-state index in [4.69, 9.17) is 4.74 Å². The summed E-state index contributed by atoms with van der Waals surface area (Å²) in [5, 5.41) is 2.43. The zero-order chi connectivity index (χ0) is 18.9. The zero-order valence-corrected chi connectivity index (χ0v) is 16.3. The lowest BCUT2D eigenvalue weighted by atomic mass is 9.90. The molecule has 0 N–H and O–H groups in total. The molecular formula is C26H26O. The van der Waals surface area contributed by atoms with Crippen LogP contribution in [0.5, 0.6) is 5.75 Å². The third kappa shape index (κ3) is 3.55. The fraction of sp³-hybridized carbons (Fsp3) is 0.231. The summed E-state index contributed by atoms with van der Waals surface area (Å²) in [6.45, 7) is 6.48. The lowest BCUT2D eigenvalue weighted by Crippen LogP contribution is -2.31. The molecule has 0 amide bonds. The summed E-state index contributed by atoms with van der Waals surface area (Å²) in [5.74, 6) is 1.01. The van der Waals surface area contributed by atoms with Crippen molar-refractivity contribution in [2.75, 3.05) is 0 Å². The van der Waals surface area contributed by atoms with Crippen LogP contribution in [0.1, 0.15) is 39.2 Å². The molecule has 4 rings (SSSR count). The van der Waals surface area contributed by atoms with E-state index in [0.717, 1.165) is 24.2 Å². The Morgan fingerprint density at radius 3 is 2.41 bits per heavy atom. The molecule has 1 aliphatic rings. The van der Waals surface area contributed by atoms with Gasteiger partial charge in [0.05, 0.1) is 0 Å². The Hall–Kier alpha value is -2.80. The Labute approximate surface area is 162 Å². The Morgan fingerprint density at radius 2 is 1.67 bits per heavy atom. The molecule has 1 atom stereocenters. The standard InChI is InChI=1S/C26H26O/c1-19(2)10-9-16-26(3)17-15-21-18-24(20-11-5-4-6-12-20)22-13-7-8-14-23(22)25(21)27-26/h4-8,10-15,17-18H,9,16H2,1-3H3. The summed E-state index contributed by atoms with van der Waals surface area (Å²) >= 11 is 0. The maximum Gasteiger partial charge on any atom is 0.135 e. The monoisotopic (exact) mass is 354 g/mol. The van der Waals surface area contributed by atoms with E-state index in [2.05, 4.69) is 99.7 Å². The minimum Gasteiger partial charge on any atom is -0.482 e. The molecule has 1 aliphatic heterocycles. The molecule has 0 bridgehead atoms. The molecule has 0 spiro atoms. The van der Waals surface area contributed by atoms with Crippen molar-refractivity contribution in [1.29, 1.82) is 0 Å². The summed E-state index contributed by atoms with van der Waals surface area (Å²) in [5.41, 5.74) is 4.74. The van der Waals surface area contributed by atoms with Crippen molar-refractivity contribution in [1.82, 2.24) is 0 Å². The molecule has 0 fully saturated rings. The van der Waals surface area contributed by atoms with Crippen LogP contribution in [0.25, 0.3) is 28.0 Å². The maximum atomic E-state index is 6.59. The van der Waals surface area contributed by atoms with Gasteiger partial charge in [0.2, 0.25) is 0 Å². The van der Waals surface area contributed by atoms with Gasteiger partial charge >= 0.3 is 0 Å². The molecule has 0 saturated carbocycles. The van der Waals surface area contributed by atoms with Crippen molar-refractivity contribution in [3.63, 3.8) is 0 Å². The van der Waals surface area contributed by atoms with E-state index in [9.17, 15) is 0 Å². The first kappa shape index (κ1) is 17.6. The highest BCUT2D eigenvalue weighted by Crippen LogP contribution is 2.43. The minimum atomic E-state index is -0.268. The third-order valence-corrected chi connectivity index (χ3v) is 5.25. The Morgan fingerprint density at radius 1 is 0.963 bits per heavy atom. The molecule has 3 aromatic rings. The number of hydrogen-bond donors (Lipinski definition) is 0. The average Bonchev–Trinajstić information content (AvgIpc) is 2.68. The van der Waals surface area contributed by atoms with Crippen molar-refractivity contribution < 1.29 is 4.74 Å². The second-order valence-corrected chi connectivity index (χ2v) is 7.82. The molecule has 1 nitrogen and oxygen atoms in total. The van der Waals surface area contributed by atoms with Crippen LogP contribution in [0.15, 0.2) is 78.4 Å². The fourth-order valence-corrected chi connectivity index (χ4v) is 3.78. The molecule has 0 radical (unpaired) electrons. The molecule has 0 aromatic heterocycles. The van der Waals surface area contributed by atoms with E-state index < -0.39 is 0 Å². The van der Waals surface area contributed by atoms with Gasteiger partial charge in [-0.3, -0.25) is 0 Å². The van der Waals surface area contributed by atoms with Crippen LogP contribution >= 0.6 is 0 Å². The highest BCUT2D eigenvalue weighted by atomic mass is 16.5. The summed E-state index contributed by atoms with van der Waals surface area (Å²) in [4.78, 5) is 0. The van der Waals surface area contributed by atoms with E-state index in [1.165, 1.54) is 27.5 Å². The van der Waals surface area contributed by atoms with Gasteiger partial charge in [0.1, 0.15) is 11.4 Å². The Balaban J connectivity index is 1.80. The van der Waals surface area contributed by atoms with Crippen LogP contribution in [0, 0.1) is 0 Å². The predicted octanol–water partition coefficient (Wildman–Crippen LogP) is 7.42. The van der Waals surface area contributed by atoms with Crippen LogP contribution < -0.4 is 4.74 Å². The number of allylic oxidation sites excluding steroid dienone is 2. The SMILES string of the molecule is CC(C)=CCCC1(C)C=Cc2cc(-c3ccccc3)c3ccccc3c2O1. The molecule has 1 heterocycles. The van der Waals surface area contributed by atoms with Crippen molar-refractivity contribution >= 4 is 16.8 Å². The van der Waals surface area contributed by atoms with Gasteiger partial charge in [-0.2, -0.15) is 0 Å². The van der Waals surface area contributed by atoms with Gasteiger partial charge in [-0.25, -0.2) is 0 Å². The Bertz CT molecular complexity index is 1020. The van der Waals surface area contributed by atoms with E-state index in [1.54, 1.807) is 0 Å². The summed E-state index contributed by atoms with van der Waals surface area (Å²) < 4.78 is 6.59. The van der Waals surface area contributed by atoms with Gasteiger partial charge < -0.3 is 4.74 Å². The first-order chi connectivity index (χ1) is 13.1. The number of fused-ring (bicyclic) bond motifs is 3. The highest BCUT2D eigenvalue weighted by Gasteiger charge is 2.28. The lowest BCUT2D eigenvalue weighted by Gasteiger charge is -2.33. The number of ether oxygens (including phenoxy) is 1. The van der Waals surface area contributed by atoms with Crippen molar-refractivity contribution in [2.45, 2.75) is 39.2 Å². The van der Waals surface area contributed by atoms with Crippen LogP contribution in [0.2, 0.25) is 0 Å². The quantitative estimate of drug-likeness (QED) is 0.443. The lowest BCUT2D eigenvalue weighted by molar-refractivity contribution is 0.131. The van der Waals surface area contributed by atoms with Gasteiger partial charge in [0, 0.05) is 10.9 Å². The second kappa shape index (κ2) is 7.08. The highest BCUT2D eigenvalue weighted by molar-refractivity contribution is 6.03. The van der Waals surface area contributed by atoms with Gasteiger partial charge in [0.15, 0.2) is 0 Å². The molecule has 136 valence electrons. The molecular weight excluding hydrogens is 328 g/mol. The summed E-state index contributed by atoms with van der Waals surface area (Å²) in [6, 6.07) is 21.4. The molecule has 1 heteroatoms. The molecule has 0 aliphatic carbocycles. The van der Waals surface area contributed by atoms with Crippen LogP contribution in [-0.4, -0.2) is 5.60 Å². The Kier molecular flexibility index (Phi) is 4.61. The van der Waals surface area contributed by atoms with Gasteiger partial charge in [-0.05, 0) is 62.3 Å². The fourth-order valence-electron chi connectivity index (χ4n) is 3.78. The van der Waals surface area contributed by atoms with Gasteiger partial charge in [-0.15, -0.1) is 0 Å². The third-order valence-electron chi connectivity index (χ3n) is 5.25. The number of benzene rings is 3. The zero-order valence-electron chi connectivity index (χ0n) is 16.3. The molecule has 0 saturated heterocycles. The largest absolute Gasteiger partial charge is 0.482 e. The molecule has 27 heavy (non-hydrogen) atoms. The predicted molar refractivity (Wildman–Crippen MR) is 116 cm³/mol. The van der Waals surface area contributed by atoms with Gasteiger partial charge in [0.25, 0.3) is 0 Å². The van der Waals surface area contributed by atoms with E-state index in [0.29, 0.717) is 0 Å².